The lowest BCUT2D eigenvalue weighted by molar-refractivity contribution is 0.102. The molecule has 0 saturated heterocycles. The third-order valence-corrected chi connectivity index (χ3v) is 3.68. The fraction of sp³-hybridized carbons (Fsp3) is 0. The van der Waals surface area contributed by atoms with Crippen LogP contribution < -0.4 is 5.32 Å². The van der Waals surface area contributed by atoms with Gasteiger partial charge in [-0.05, 0) is 30.3 Å². The summed E-state index contributed by atoms with van der Waals surface area (Å²) in [4.78, 5) is 12.5. The predicted octanol–water partition coefficient (Wildman–Crippen LogP) is 3.14. The summed E-state index contributed by atoms with van der Waals surface area (Å²) in [5, 5.41) is 14.3. The number of anilines is 1. The molecule has 7 heteroatoms. The van der Waals surface area contributed by atoms with Crippen LogP contribution in [0.15, 0.2) is 61.1 Å². The topological polar surface area (TPSA) is 75.6 Å². The highest BCUT2D eigenvalue weighted by atomic mass is 19.1. The number of carbonyl (C=O) groups is 1. The van der Waals surface area contributed by atoms with Gasteiger partial charge in [0.05, 0.1) is 17.3 Å². The normalized spacial score (nSPS) is 10.9. The number of rotatable bonds is 3. The van der Waals surface area contributed by atoms with E-state index in [0.717, 1.165) is 5.39 Å². The van der Waals surface area contributed by atoms with Crippen molar-refractivity contribution in [2.45, 2.75) is 0 Å². The highest BCUT2D eigenvalue weighted by Crippen LogP contribution is 2.20. The number of aromatic amines is 1. The van der Waals surface area contributed by atoms with Gasteiger partial charge in [-0.25, -0.2) is 9.07 Å². The molecule has 4 rings (SSSR count). The molecule has 118 valence electrons. The third kappa shape index (κ3) is 2.41. The van der Waals surface area contributed by atoms with Crippen LogP contribution in [0.4, 0.5) is 10.1 Å². The number of fused-ring (bicyclic) bond motifs is 1. The first-order valence-corrected chi connectivity index (χ1v) is 7.25. The van der Waals surface area contributed by atoms with Crippen LogP contribution in [0, 0.1) is 5.82 Å². The maximum absolute atomic E-state index is 14.2. The maximum atomic E-state index is 14.2. The van der Waals surface area contributed by atoms with Crippen LogP contribution in [-0.4, -0.2) is 25.9 Å². The lowest BCUT2D eigenvalue weighted by Crippen LogP contribution is -2.13. The minimum absolute atomic E-state index is 0.314. The van der Waals surface area contributed by atoms with E-state index >= 15 is 0 Å². The number of H-pyrrole nitrogens is 1. The van der Waals surface area contributed by atoms with E-state index in [2.05, 4.69) is 20.6 Å². The molecular formula is C17H12FN5O. The van der Waals surface area contributed by atoms with Gasteiger partial charge in [-0.15, -0.1) is 0 Å². The van der Waals surface area contributed by atoms with E-state index in [9.17, 15) is 9.18 Å². The second-order valence-corrected chi connectivity index (χ2v) is 5.21. The number of hydrogen-bond acceptors (Lipinski definition) is 3. The van der Waals surface area contributed by atoms with Gasteiger partial charge in [0.15, 0.2) is 5.82 Å². The number of aromatic nitrogens is 4. The Morgan fingerprint density at radius 2 is 2.12 bits per heavy atom. The Hall–Kier alpha value is -3.48. The SMILES string of the molecule is O=C(Nc1ccc(-n2cccn2)c(F)c1)c1cccc2cn[nH]c12. The Morgan fingerprint density at radius 3 is 2.92 bits per heavy atom. The molecule has 6 nitrogen and oxygen atoms in total. The van der Waals surface area contributed by atoms with Gasteiger partial charge in [-0.1, -0.05) is 12.1 Å². The van der Waals surface area contributed by atoms with Crippen molar-refractivity contribution < 1.29 is 9.18 Å². The van der Waals surface area contributed by atoms with Crippen molar-refractivity contribution in [2.24, 2.45) is 0 Å². The molecule has 0 atom stereocenters. The van der Waals surface area contributed by atoms with E-state index in [-0.39, 0.29) is 5.91 Å². The zero-order valence-electron chi connectivity index (χ0n) is 12.4. The van der Waals surface area contributed by atoms with Gasteiger partial charge in [0, 0.05) is 23.5 Å². The lowest BCUT2D eigenvalue weighted by Gasteiger charge is -2.08. The summed E-state index contributed by atoms with van der Waals surface area (Å²) >= 11 is 0. The number of nitrogens with zero attached hydrogens (tertiary/aromatic N) is 3. The average Bonchev–Trinajstić information content (AvgIpc) is 3.26. The van der Waals surface area contributed by atoms with Crippen LogP contribution in [0.2, 0.25) is 0 Å². The first-order valence-electron chi connectivity index (χ1n) is 7.25. The molecule has 2 aromatic heterocycles. The highest BCUT2D eigenvalue weighted by Gasteiger charge is 2.13. The molecule has 2 aromatic carbocycles. The van der Waals surface area contributed by atoms with Crippen molar-refractivity contribution >= 4 is 22.5 Å². The quantitative estimate of drug-likeness (QED) is 0.608. The van der Waals surface area contributed by atoms with E-state index in [1.165, 1.54) is 10.7 Å². The van der Waals surface area contributed by atoms with Gasteiger partial charge in [0.2, 0.25) is 0 Å². The first-order chi connectivity index (χ1) is 11.7. The van der Waals surface area contributed by atoms with Crippen LogP contribution in [-0.2, 0) is 0 Å². The standard InChI is InChI=1S/C17H12FN5O/c18-14-9-12(5-6-15(14)23-8-2-7-20-23)21-17(24)13-4-1-3-11-10-19-22-16(11)13/h1-10H,(H,19,22)(H,21,24). The molecule has 1 amide bonds. The Labute approximate surface area is 135 Å². The summed E-state index contributed by atoms with van der Waals surface area (Å²) in [5.41, 5.74) is 1.77. The summed E-state index contributed by atoms with van der Waals surface area (Å²) in [7, 11) is 0. The minimum Gasteiger partial charge on any atom is -0.322 e. The molecular weight excluding hydrogens is 309 g/mol. The molecule has 0 saturated carbocycles. The summed E-state index contributed by atoms with van der Waals surface area (Å²) in [5.74, 6) is -0.813. The average molecular weight is 321 g/mol. The molecule has 0 bridgehead atoms. The van der Waals surface area contributed by atoms with Gasteiger partial charge in [0.1, 0.15) is 5.69 Å². The summed E-state index contributed by atoms with van der Waals surface area (Å²) in [6.45, 7) is 0. The van der Waals surface area contributed by atoms with Gasteiger partial charge >= 0.3 is 0 Å². The Balaban J connectivity index is 1.62. The molecule has 0 aliphatic rings. The number of nitrogens with one attached hydrogen (secondary N) is 2. The molecule has 24 heavy (non-hydrogen) atoms. The third-order valence-electron chi connectivity index (χ3n) is 3.68. The predicted molar refractivity (Wildman–Crippen MR) is 87.6 cm³/mol. The lowest BCUT2D eigenvalue weighted by atomic mass is 10.1. The largest absolute Gasteiger partial charge is 0.322 e. The molecule has 0 aliphatic heterocycles. The number of hydrogen-bond donors (Lipinski definition) is 2. The van der Waals surface area contributed by atoms with Crippen LogP contribution in [0.25, 0.3) is 16.6 Å². The van der Waals surface area contributed by atoms with Crippen molar-refractivity contribution in [2.75, 3.05) is 5.32 Å². The van der Waals surface area contributed by atoms with E-state index < -0.39 is 5.82 Å². The Bertz CT molecular complexity index is 1020. The molecule has 2 heterocycles. The zero-order valence-corrected chi connectivity index (χ0v) is 12.4. The number of para-hydroxylation sites is 1. The summed E-state index contributed by atoms with van der Waals surface area (Å²) < 4.78 is 15.7. The fourth-order valence-corrected chi connectivity index (χ4v) is 2.54. The molecule has 0 unspecified atom stereocenters. The van der Waals surface area contributed by atoms with Gasteiger partial charge in [-0.3, -0.25) is 9.89 Å². The molecule has 0 fully saturated rings. The number of benzene rings is 2. The van der Waals surface area contributed by atoms with Crippen LogP contribution in [0.3, 0.4) is 0 Å². The van der Waals surface area contributed by atoms with Crippen LogP contribution in [0.1, 0.15) is 10.4 Å². The van der Waals surface area contributed by atoms with Crippen LogP contribution >= 0.6 is 0 Å². The van der Waals surface area contributed by atoms with Gasteiger partial charge in [-0.2, -0.15) is 10.2 Å². The van der Waals surface area contributed by atoms with Crippen LogP contribution in [0.5, 0.6) is 0 Å². The van der Waals surface area contributed by atoms with Crippen molar-refractivity contribution in [3.8, 4) is 5.69 Å². The van der Waals surface area contributed by atoms with Crippen molar-refractivity contribution in [1.82, 2.24) is 20.0 Å². The van der Waals surface area contributed by atoms with E-state index in [1.807, 2.05) is 6.07 Å². The second kappa shape index (κ2) is 5.62. The number of halogens is 1. The van der Waals surface area contributed by atoms with E-state index in [0.29, 0.717) is 22.5 Å². The summed E-state index contributed by atoms with van der Waals surface area (Å²) in [6, 6.07) is 11.5. The fourth-order valence-electron chi connectivity index (χ4n) is 2.54. The van der Waals surface area contributed by atoms with Crippen molar-refractivity contribution in [3.05, 3.63) is 72.4 Å². The second-order valence-electron chi connectivity index (χ2n) is 5.21. The van der Waals surface area contributed by atoms with Gasteiger partial charge in [0.25, 0.3) is 5.91 Å². The maximum Gasteiger partial charge on any atom is 0.257 e. The number of carbonyl (C=O) groups excluding carboxylic acids is 1. The molecule has 0 spiro atoms. The van der Waals surface area contributed by atoms with E-state index in [4.69, 9.17) is 0 Å². The number of amides is 1. The Kier molecular flexibility index (Phi) is 3.31. The minimum atomic E-state index is -0.476. The molecule has 0 aliphatic carbocycles. The first kappa shape index (κ1) is 14.1. The van der Waals surface area contributed by atoms with Crippen molar-refractivity contribution in [1.29, 1.82) is 0 Å². The Morgan fingerprint density at radius 1 is 1.21 bits per heavy atom. The highest BCUT2D eigenvalue weighted by molar-refractivity contribution is 6.11. The molecule has 4 aromatic rings. The van der Waals surface area contributed by atoms with Gasteiger partial charge < -0.3 is 5.32 Å². The zero-order chi connectivity index (χ0) is 16.5. The molecule has 2 N–H and O–H groups in total. The smallest absolute Gasteiger partial charge is 0.257 e. The van der Waals surface area contributed by atoms with Crippen molar-refractivity contribution in [3.63, 3.8) is 0 Å². The summed E-state index contributed by atoms with van der Waals surface area (Å²) in [6.07, 6.45) is 4.86. The van der Waals surface area contributed by atoms with E-state index in [1.54, 1.807) is 48.9 Å². The monoisotopic (exact) mass is 321 g/mol. The molecule has 0 radical (unpaired) electrons.